The monoisotopic (exact) mass is 453 g/mol. The lowest BCUT2D eigenvalue weighted by Crippen LogP contribution is -2.40. The van der Waals surface area contributed by atoms with Crippen molar-refractivity contribution in [2.75, 3.05) is 6.61 Å². The van der Waals surface area contributed by atoms with Gasteiger partial charge in [0.15, 0.2) is 0 Å². The molecule has 5 nitrogen and oxygen atoms in total. The molecule has 2 heterocycles. The molecule has 32 heavy (non-hydrogen) atoms. The number of ether oxygens (including phenoxy) is 1. The first-order chi connectivity index (χ1) is 15.5. The second-order valence-electron chi connectivity index (χ2n) is 8.93. The van der Waals surface area contributed by atoms with Crippen LogP contribution in [0.2, 0.25) is 0 Å². The van der Waals surface area contributed by atoms with E-state index >= 15 is 0 Å². The lowest BCUT2D eigenvalue weighted by molar-refractivity contribution is -0.139. The van der Waals surface area contributed by atoms with Crippen LogP contribution in [0.4, 0.5) is 0 Å². The molecule has 0 spiro atoms. The molecule has 1 saturated carbocycles. The van der Waals surface area contributed by atoms with Gasteiger partial charge >= 0.3 is 0 Å². The van der Waals surface area contributed by atoms with Crippen LogP contribution in [0.1, 0.15) is 63.7 Å². The molecule has 1 aliphatic heterocycles. The summed E-state index contributed by atoms with van der Waals surface area (Å²) < 4.78 is 11.2. The van der Waals surface area contributed by atoms with Gasteiger partial charge in [0.2, 0.25) is 0 Å². The maximum Gasteiger partial charge on any atom is 0.268 e. The smallest absolute Gasteiger partial charge is 0.268 e. The van der Waals surface area contributed by atoms with E-state index in [1.165, 1.54) is 29.5 Å². The normalized spacial score (nSPS) is 18.0. The van der Waals surface area contributed by atoms with Gasteiger partial charge in [-0.25, -0.2) is 0 Å². The zero-order valence-electron chi connectivity index (χ0n) is 18.8. The van der Waals surface area contributed by atoms with Gasteiger partial charge in [-0.2, -0.15) is 0 Å². The summed E-state index contributed by atoms with van der Waals surface area (Å²) in [6.07, 6.45) is 7.88. The summed E-state index contributed by atoms with van der Waals surface area (Å²) in [5.74, 6) is 2.17. The highest BCUT2D eigenvalue weighted by Crippen LogP contribution is 2.40. The number of imide groups is 1. The number of rotatable bonds is 8. The molecule has 0 radical (unpaired) electrons. The largest absolute Gasteiger partial charge is 0.493 e. The standard InChI is InChI=1S/C26H31NO4S/c1-18(2)16-31-21-13-11-19(12-14-21)23-24(32-17-22-10-7-15-30-22)26(29)27(25(23)28)20-8-5-3-4-6-9-20/h7,10-15,18,20H,3-6,8-9,16-17H2,1-2H3. The van der Waals surface area contributed by atoms with E-state index in [0.717, 1.165) is 42.8 Å². The minimum absolute atomic E-state index is 0.0112. The topological polar surface area (TPSA) is 59.8 Å². The quantitative estimate of drug-likeness (QED) is 0.360. The van der Waals surface area contributed by atoms with E-state index in [9.17, 15) is 9.59 Å². The molecule has 1 aliphatic carbocycles. The van der Waals surface area contributed by atoms with Gasteiger partial charge in [0.05, 0.1) is 29.1 Å². The average molecular weight is 454 g/mol. The summed E-state index contributed by atoms with van der Waals surface area (Å²) in [7, 11) is 0. The highest BCUT2D eigenvalue weighted by Gasteiger charge is 2.42. The average Bonchev–Trinajstić information content (AvgIpc) is 3.28. The van der Waals surface area contributed by atoms with Crippen molar-refractivity contribution in [3.05, 3.63) is 58.9 Å². The molecule has 1 aromatic heterocycles. The summed E-state index contributed by atoms with van der Waals surface area (Å²) in [5.41, 5.74) is 1.27. The first-order valence-electron chi connectivity index (χ1n) is 11.5. The van der Waals surface area contributed by atoms with Crippen molar-refractivity contribution in [3.8, 4) is 5.75 Å². The van der Waals surface area contributed by atoms with Crippen LogP contribution in [0.25, 0.3) is 5.57 Å². The highest BCUT2D eigenvalue weighted by molar-refractivity contribution is 8.03. The third-order valence-corrected chi connectivity index (χ3v) is 7.02. The van der Waals surface area contributed by atoms with Crippen LogP contribution in [0.3, 0.4) is 0 Å². The number of amides is 2. The van der Waals surface area contributed by atoms with Crippen molar-refractivity contribution in [2.45, 2.75) is 64.2 Å². The number of thioether (sulfide) groups is 1. The Morgan fingerprint density at radius 3 is 2.38 bits per heavy atom. The number of benzene rings is 1. The van der Waals surface area contributed by atoms with Gasteiger partial charge in [0.1, 0.15) is 11.5 Å². The summed E-state index contributed by atoms with van der Waals surface area (Å²) in [5, 5.41) is 0. The molecule has 0 bridgehead atoms. The molecule has 2 aliphatic rings. The van der Waals surface area contributed by atoms with E-state index in [0.29, 0.717) is 28.8 Å². The van der Waals surface area contributed by atoms with Crippen LogP contribution in [0, 0.1) is 5.92 Å². The highest BCUT2D eigenvalue weighted by atomic mass is 32.2. The van der Waals surface area contributed by atoms with Crippen molar-refractivity contribution >= 4 is 29.1 Å². The Bertz CT molecular complexity index is 954. The van der Waals surface area contributed by atoms with Crippen LogP contribution in [0.5, 0.6) is 5.75 Å². The second kappa shape index (κ2) is 10.4. The number of furan rings is 1. The van der Waals surface area contributed by atoms with E-state index < -0.39 is 0 Å². The van der Waals surface area contributed by atoms with E-state index in [2.05, 4.69) is 13.8 Å². The molecule has 1 aromatic carbocycles. The van der Waals surface area contributed by atoms with Crippen LogP contribution in [-0.2, 0) is 15.3 Å². The predicted molar refractivity (Wildman–Crippen MR) is 127 cm³/mol. The first-order valence-corrected chi connectivity index (χ1v) is 12.5. The van der Waals surface area contributed by atoms with E-state index in [-0.39, 0.29) is 17.9 Å². The Morgan fingerprint density at radius 1 is 1.03 bits per heavy atom. The van der Waals surface area contributed by atoms with Crippen LogP contribution < -0.4 is 4.74 Å². The van der Waals surface area contributed by atoms with Crippen LogP contribution in [-0.4, -0.2) is 29.4 Å². The van der Waals surface area contributed by atoms with Gasteiger partial charge < -0.3 is 9.15 Å². The molecule has 0 N–H and O–H groups in total. The summed E-state index contributed by atoms with van der Waals surface area (Å²) in [4.78, 5) is 29.1. The summed E-state index contributed by atoms with van der Waals surface area (Å²) in [6.45, 7) is 4.85. The van der Waals surface area contributed by atoms with Gasteiger partial charge in [-0.15, -0.1) is 11.8 Å². The third kappa shape index (κ3) is 5.12. The molecule has 2 amide bonds. The molecule has 1 fully saturated rings. The molecular formula is C26H31NO4S. The second-order valence-corrected chi connectivity index (χ2v) is 9.91. The SMILES string of the molecule is CC(C)COc1ccc(C2=C(SCc3ccco3)C(=O)N(C3CCCCCC3)C2=O)cc1. The Kier molecular flexibility index (Phi) is 7.40. The van der Waals surface area contributed by atoms with Crippen molar-refractivity contribution in [1.82, 2.24) is 4.90 Å². The van der Waals surface area contributed by atoms with Crippen molar-refractivity contribution in [3.63, 3.8) is 0 Å². The van der Waals surface area contributed by atoms with Crippen LogP contribution in [0.15, 0.2) is 52.0 Å². The van der Waals surface area contributed by atoms with Gasteiger partial charge in [0, 0.05) is 6.04 Å². The minimum Gasteiger partial charge on any atom is -0.493 e. The maximum absolute atomic E-state index is 13.6. The molecule has 2 aromatic rings. The van der Waals surface area contributed by atoms with E-state index in [1.807, 2.05) is 36.4 Å². The fraction of sp³-hybridized carbons (Fsp3) is 0.462. The Hall–Kier alpha value is -2.47. The molecular weight excluding hydrogens is 422 g/mol. The first kappa shape index (κ1) is 22.7. The predicted octanol–water partition coefficient (Wildman–Crippen LogP) is 6.05. The molecule has 0 unspecified atom stereocenters. The molecule has 4 rings (SSSR count). The molecule has 6 heteroatoms. The number of nitrogens with zero attached hydrogens (tertiary/aromatic N) is 1. The fourth-order valence-corrected chi connectivity index (χ4v) is 5.30. The fourth-order valence-electron chi connectivity index (χ4n) is 4.28. The lowest BCUT2D eigenvalue weighted by atomic mass is 10.0. The van der Waals surface area contributed by atoms with Gasteiger partial charge in [0.25, 0.3) is 11.8 Å². The van der Waals surface area contributed by atoms with Crippen LogP contribution >= 0.6 is 11.8 Å². The number of hydrogen-bond donors (Lipinski definition) is 0. The van der Waals surface area contributed by atoms with Gasteiger partial charge in [-0.3, -0.25) is 14.5 Å². The van der Waals surface area contributed by atoms with Gasteiger partial charge in [-0.1, -0.05) is 51.7 Å². The molecule has 0 saturated heterocycles. The molecule has 0 atom stereocenters. The van der Waals surface area contributed by atoms with Crippen molar-refractivity contribution < 1.29 is 18.7 Å². The number of carbonyl (C=O) groups excluding carboxylic acids is 2. The third-order valence-electron chi connectivity index (χ3n) is 5.93. The van der Waals surface area contributed by atoms with E-state index in [4.69, 9.17) is 9.15 Å². The minimum atomic E-state index is -0.167. The zero-order chi connectivity index (χ0) is 22.5. The Morgan fingerprint density at radius 2 is 1.75 bits per heavy atom. The van der Waals surface area contributed by atoms with E-state index in [1.54, 1.807) is 6.26 Å². The molecule has 170 valence electrons. The van der Waals surface area contributed by atoms with Gasteiger partial charge in [-0.05, 0) is 48.6 Å². The maximum atomic E-state index is 13.6. The summed E-state index contributed by atoms with van der Waals surface area (Å²) in [6, 6.07) is 11.2. The number of carbonyl (C=O) groups is 2. The Labute approximate surface area is 194 Å². The zero-order valence-corrected chi connectivity index (χ0v) is 19.7. The lowest BCUT2D eigenvalue weighted by Gasteiger charge is -2.25. The Balaban J connectivity index is 1.62. The summed E-state index contributed by atoms with van der Waals surface area (Å²) >= 11 is 1.39. The number of hydrogen-bond acceptors (Lipinski definition) is 5. The van der Waals surface area contributed by atoms with Crippen molar-refractivity contribution in [2.24, 2.45) is 5.92 Å². The van der Waals surface area contributed by atoms with Crippen molar-refractivity contribution in [1.29, 1.82) is 0 Å².